The van der Waals surface area contributed by atoms with Crippen LogP contribution in [-0.2, 0) is 26.3 Å². The summed E-state index contributed by atoms with van der Waals surface area (Å²) >= 11 is 0. The van der Waals surface area contributed by atoms with E-state index in [4.69, 9.17) is 9.47 Å². The average Bonchev–Trinajstić information content (AvgIpc) is 3.32. The van der Waals surface area contributed by atoms with Crippen LogP contribution in [0, 0.1) is 17.3 Å². The zero-order valence-corrected chi connectivity index (χ0v) is 26.8. The molecule has 5 atom stereocenters. The Morgan fingerprint density at radius 3 is 2.33 bits per heavy atom. The van der Waals surface area contributed by atoms with Crippen molar-refractivity contribution < 1.29 is 19.1 Å². The summed E-state index contributed by atoms with van der Waals surface area (Å²) < 4.78 is 11.5. The highest BCUT2D eigenvalue weighted by Crippen LogP contribution is 2.49. The maximum atomic E-state index is 14.5. The van der Waals surface area contributed by atoms with E-state index < -0.39 is 6.04 Å². The summed E-state index contributed by atoms with van der Waals surface area (Å²) in [7, 11) is 1.70. The van der Waals surface area contributed by atoms with Gasteiger partial charge in [0.15, 0.2) is 0 Å². The van der Waals surface area contributed by atoms with Gasteiger partial charge in [0.1, 0.15) is 11.8 Å². The molecule has 2 saturated heterocycles. The Labute approximate surface area is 252 Å². The molecular formula is C35H51N3O4. The second-order valence-electron chi connectivity index (χ2n) is 13.9. The quantitative estimate of drug-likeness (QED) is 0.396. The van der Waals surface area contributed by atoms with E-state index in [2.05, 4.69) is 76.4 Å². The molecule has 42 heavy (non-hydrogen) atoms. The van der Waals surface area contributed by atoms with E-state index in [9.17, 15) is 9.59 Å². The van der Waals surface area contributed by atoms with E-state index in [1.54, 1.807) is 7.11 Å². The SMILES string of the molecule is CCOC(=O)[C@@H]1[C@@H](C(C)(C)C)[C@H](NCc2cc(C(C)(C)C)ccc2OC)[C@H](c2ccccc2)N1C(=O)[C@@H]1CCCNC1. The van der Waals surface area contributed by atoms with Crippen LogP contribution >= 0.6 is 0 Å². The van der Waals surface area contributed by atoms with Gasteiger partial charge in [-0.3, -0.25) is 4.79 Å². The largest absolute Gasteiger partial charge is 0.496 e. The lowest BCUT2D eigenvalue weighted by atomic mass is 9.72. The van der Waals surface area contributed by atoms with E-state index in [0.29, 0.717) is 13.1 Å². The van der Waals surface area contributed by atoms with Crippen LogP contribution in [0.3, 0.4) is 0 Å². The predicted octanol–water partition coefficient (Wildman–Crippen LogP) is 5.63. The standard InChI is InChI=1S/C35H51N3O4/c1-9-42-33(40)31-28(35(5,6)7)29(37-22-25-20-26(34(2,3)4)17-18-27(25)41-8)30(23-14-11-10-12-15-23)38(31)32(39)24-16-13-19-36-21-24/h10-12,14-15,17-18,20,24,28-31,36-37H,9,13,16,19,21-22H2,1-8H3/t24-,28+,29+,30+,31+/m1/s1. The first kappa shape index (κ1) is 32.0. The Balaban J connectivity index is 1.84. The number of carbonyl (C=O) groups excluding carboxylic acids is 2. The minimum atomic E-state index is -0.704. The van der Waals surface area contributed by atoms with Gasteiger partial charge in [-0.2, -0.15) is 0 Å². The van der Waals surface area contributed by atoms with Crippen LogP contribution in [0.15, 0.2) is 48.5 Å². The van der Waals surface area contributed by atoms with Gasteiger partial charge in [0.05, 0.1) is 25.7 Å². The third kappa shape index (κ3) is 6.84. The Hall–Kier alpha value is -2.90. The van der Waals surface area contributed by atoms with Gasteiger partial charge in [0.2, 0.25) is 5.91 Å². The van der Waals surface area contributed by atoms with E-state index >= 15 is 0 Å². The summed E-state index contributed by atoms with van der Waals surface area (Å²) in [5.74, 6) is 0.149. The van der Waals surface area contributed by atoms with Crippen LogP contribution in [0.2, 0.25) is 0 Å². The molecule has 0 saturated carbocycles. The Morgan fingerprint density at radius 2 is 1.76 bits per heavy atom. The van der Waals surface area contributed by atoms with Crippen molar-refractivity contribution in [3.63, 3.8) is 0 Å². The van der Waals surface area contributed by atoms with Gasteiger partial charge in [-0.15, -0.1) is 0 Å². The maximum Gasteiger partial charge on any atom is 0.329 e. The first-order valence-corrected chi connectivity index (χ1v) is 15.5. The number of nitrogens with zero attached hydrogens (tertiary/aromatic N) is 1. The predicted molar refractivity (Wildman–Crippen MR) is 167 cm³/mol. The summed E-state index contributed by atoms with van der Waals surface area (Å²) in [6.45, 7) is 17.3. The summed E-state index contributed by atoms with van der Waals surface area (Å²) in [5.41, 5.74) is 2.98. The van der Waals surface area contributed by atoms with Crippen LogP contribution in [-0.4, -0.2) is 55.7 Å². The Kier molecular flexibility index (Phi) is 10.0. The zero-order chi connectivity index (χ0) is 30.7. The fraction of sp³-hybridized carbons (Fsp3) is 0.600. The molecule has 1 amide bonds. The second-order valence-corrected chi connectivity index (χ2v) is 13.9. The van der Waals surface area contributed by atoms with Crippen molar-refractivity contribution >= 4 is 11.9 Å². The second kappa shape index (κ2) is 13.2. The molecule has 0 aromatic heterocycles. The van der Waals surface area contributed by atoms with E-state index in [1.807, 2.05) is 36.1 Å². The highest BCUT2D eigenvalue weighted by molar-refractivity contribution is 5.88. The lowest BCUT2D eigenvalue weighted by molar-refractivity contribution is -0.158. The lowest BCUT2D eigenvalue weighted by Gasteiger charge is -2.37. The number of rotatable bonds is 8. The number of methoxy groups -OCH3 is 1. The average molecular weight is 578 g/mol. The minimum absolute atomic E-state index is 0.0127. The van der Waals surface area contributed by atoms with Gasteiger partial charge in [-0.25, -0.2) is 4.79 Å². The zero-order valence-electron chi connectivity index (χ0n) is 26.8. The molecule has 0 bridgehead atoms. The van der Waals surface area contributed by atoms with Gasteiger partial charge in [0, 0.05) is 30.6 Å². The van der Waals surface area contributed by atoms with E-state index in [-0.39, 0.29) is 53.2 Å². The first-order chi connectivity index (χ1) is 19.9. The number of ether oxygens (including phenoxy) is 2. The van der Waals surface area contributed by atoms with Crippen LogP contribution < -0.4 is 15.4 Å². The molecule has 2 fully saturated rings. The first-order valence-electron chi connectivity index (χ1n) is 15.5. The number of piperidine rings is 1. The molecular weight excluding hydrogens is 526 g/mol. The van der Waals surface area contributed by atoms with Crippen LogP contribution in [0.1, 0.15) is 84.0 Å². The van der Waals surface area contributed by atoms with Gasteiger partial charge >= 0.3 is 5.97 Å². The molecule has 7 nitrogen and oxygen atoms in total. The normalized spacial score (nSPS) is 24.9. The van der Waals surface area contributed by atoms with E-state index in [1.165, 1.54) is 5.56 Å². The highest BCUT2D eigenvalue weighted by Gasteiger charge is 2.58. The number of carbonyl (C=O) groups is 2. The summed E-state index contributed by atoms with van der Waals surface area (Å²) in [6, 6.07) is 15.3. The van der Waals surface area contributed by atoms with Crippen molar-refractivity contribution in [2.45, 2.75) is 91.4 Å². The number of hydrogen-bond donors (Lipinski definition) is 2. The molecule has 0 unspecified atom stereocenters. The molecule has 2 aliphatic rings. The molecule has 2 aliphatic heterocycles. The molecule has 2 N–H and O–H groups in total. The van der Waals surface area contributed by atoms with Gasteiger partial charge < -0.3 is 25.0 Å². The molecule has 2 aromatic carbocycles. The van der Waals surface area contributed by atoms with Gasteiger partial charge in [-0.1, -0.05) is 84.0 Å². The molecule has 7 heteroatoms. The molecule has 0 radical (unpaired) electrons. The van der Waals surface area contributed by atoms with Crippen molar-refractivity contribution in [2.75, 3.05) is 26.8 Å². The molecule has 230 valence electrons. The van der Waals surface area contributed by atoms with Crippen LogP contribution in [0.4, 0.5) is 0 Å². The third-order valence-electron chi connectivity index (χ3n) is 8.91. The van der Waals surface area contributed by atoms with Crippen molar-refractivity contribution in [3.8, 4) is 5.75 Å². The van der Waals surface area contributed by atoms with Crippen molar-refractivity contribution in [2.24, 2.45) is 17.3 Å². The third-order valence-corrected chi connectivity index (χ3v) is 8.91. The maximum absolute atomic E-state index is 14.5. The molecule has 0 aliphatic carbocycles. The Bertz CT molecular complexity index is 1210. The molecule has 2 aromatic rings. The monoisotopic (exact) mass is 577 g/mol. The summed E-state index contributed by atoms with van der Waals surface area (Å²) in [5, 5.41) is 7.27. The molecule has 2 heterocycles. The fourth-order valence-corrected chi connectivity index (χ4v) is 6.83. The number of benzene rings is 2. The number of esters is 1. The molecule has 4 rings (SSSR count). The molecule has 0 spiro atoms. The Morgan fingerprint density at radius 1 is 1.05 bits per heavy atom. The highest BCUT2D eigenvalue weighted by atomic mass is 16.5. The van der Waals surface area contributed by atoms with Crippen LogP contribution in [0.25, 0.3) is 0 Å². The van der Waals surface area contributed by atoms with Gasteiger partial charge in [0.25, 0.3) is 0 Å². The number of amides is 1. The topological polar surface area (TPSA) is 79.9 Å². The fourth-order valence-electron chi connectivity index (χ4n) is 6.83. The minimum Gasteiger partial charge on any atom is -0.496 e. The smallest absolute Gasteiger partial charge is 0.329 e. The number of likely N-dealkylation sites (tertiary alicyclic amines) is 1. The number of nitrogens with one attached hydrogen (secondary N) is 2. The summed E-state index contributed by atoms with van der Waals surface area (Å²) in [4.78, 5) is 30.2. The lowest BCUT2D eigenvalue weighted by Crippen LogP contribution is -2.51. The number of hydrogen-bond acceptors (Lipinski definition) is 6. The van der Waals surface area contributed by atoms with Crippen LogP contribution in [0.5, 0.6) is 5.75 Å². The van der Waals surface area contributed by atoms with Crippen molar-refractivity contribution in [1.82, 2.24) is 15.5 Å². The van der Waals surface area contributed by atoms with Crippen molar-refractivity contribution in [3.05, 3.63) is 65.2 Å². The van der Waals surface area contributed by atoms with E-state index in [0.717, 1.165) is 36.3 Å². The van der Waals surface area contributed by atoms with Gasteiger partial charge in [-0.05, 0) is 54.3 Å². The van der Waals surface area contributed by atoms with Crippen molar-refractivity contribution in [1.29, 1.82) is 0 Å². The summed E-state index contributed by atoms with van der Waals surface area (Å²) in [6.07, 6.45) is 1.76.